The van der Waals surface area contributed by atoms with Gasteiger partial charge in [0.2, 0.25) is 0 Å². The topological polar surface area (TPSA) is 122 Å². The second-order valence-corrected chi connectivity index (χ2v) is 9.88. The lowest BCUT2D eigenvalue weighted by Gasteiger charge is -2.32. The molecule has 1 aliphatic carbocycles. The summed E-state index contributed by atoms with van der Waals surface area (Å²) in [5.74, 6) is -1.19. The Labute approximate surface area is 192 Å². The van der Waals surface area contributed by atoms with Gasteiger partial charge in [-0.15, -0.1) is 0 Å². The number of aliphatic hydroxyl groups excluding tert-OH is 1. The van der Waals surface area contributed by atoms with Crippen LogP contribution in [0.15, 0.2) is 35.5 Å². The van der Waals surface area contributed by atoms with Gasteiger partial charge in [-0.1, -0.05) is 26.7 Å². The highest BCUT2D eigenvalue weighted by Crippen LogP contribution is 2.40. The van der Waals surface area contributed by atoms with E-state index < -0.39 is 22.5 Å². The maximum atomic E-state index is 12.7. The molecule has 0 aliphatic heterocycles. The number of aromatic hydroxyl groups is 1. The fourth-order valence-corrected chi connectivity index (χ4v) is 4.61. The van der Waals surface area contributed by atoms with Gasteiger partial charge in [0.15, 0.2) is 11.4 Å². The number of aromatic nitrogens is 4. The molecule has 0 bridgehead atoms. The molecule has 1 amide bonds. The van der Waals surface area contributed by atoms with Gasteiger partial charge in [0.25, 0.3) is 11.3 Å². The number of nitrogens with zero attached hydrogens (tertiary/aromatic N) is 4. The van der Waals surface area contributed by atoms with Crippen LogP contribution < -0.4 is 10.7 Å². The molecular weight excluding hydrogens is 422 g/mol. The van der Waals surface area contributed by atoms with Gasteiger partial charge in [-0.3, -0.25) is 14.3 Å². The molecule has 3 heterocycles. The minimum absolute atomic E-state index is 0.119. The molecule has 0 unspecified atom stereocenters. The van der Waals surface area contributed by atoms with Crippen molar-refractivity contribution in [1.29, 1.82) is 0 Å². The molecule has 33 heavy (non-hydrogen) atoms. The lowest BCUT2D eigenvalue weighted by Crippen LogP contribution is -2.40. The molecule has 3 aromatic heterocycles. The molecule has 3 N–H and O–H groups in total. The Hall–Kier alpha value is -3.20. The van der Waals surface area contributed by atoms with Crippen molar-refractivity contribution in [1.82, 2.24) is 24.6 Å². The highest BCUT2D eigenvalue weighted by atomic mass is 16.3. The molecule has 0 saturated heterocycles. The molecule has 0 spiro atoms. The van der Waals surface area contributed by atoms with Gasteiger partial charge in [0, 0.05) is 36.3 Å². The second kappa shape index (κ2) is 8.62. The SMILES string of the molecule is Cc1cn(C2(Cn3cc(O)c(=O)c(C(=O)NCC(C)(C)CO)n3)CCCC2)c2ncccc12. The van der Waals surface area contributed by atoms with Crippen LogP contribution in [0, 0.1) is 12.3 Å². The first kappa shape index (κ1) is 23.0. The van der Waals surface area contributed by atoms with E-state index in [1.807, 2.05) is 6.07 Å². The number of carbonyl (C=O) groups is 1. The first-order valence-corrected chi connectivity index (χ1v) is 11.3. The molecule has 1 saturated carbocycles. The van der Waals surface area contributed by atoms with Crippen molar-refractivity contribution in [3.8, 4) is 5.75 Å². The molecule has 9 nitrogen and oxygen atoms in total. The van der Waals surface area contributed by atoms with Crippen LogP contribution in [0.5, 0.6) is 5.75 Å². The van der Waals surface area contributed by atoms with Crippen LogP contribution >= 0.6 is 0 Å². The normalized spacial score (nSPS) is 15.8. The van der Waals surface area contributed by atoms with Gasteiger partial charge in [-0.25, -0.2) is 4.98 Å². The van der Waals surface area contributed by atoms with Crippen LogP contribution in [0.3, 0.4) is 0 Å². The third-order valence-corrected chi connectivity index (χ3v) is 6.58. The molecule has 4 rings (SSSR count). The van der Waals surface area contributed by atoms with E-state index >= 15 is 0 Å². The van der Waals surface area contributed by atoms with E-state index in [4.69, 9.17) is 0 Å². The van der Waals surface area contributed by atoms with Crippen molar-refractivity contribution in [3.63, 3.8) is 0 Å². The Morgan fingerprint density at radius 1 is 1.27 bits per heavy atom. The summed E-state index contributed by atoms with van der Waals surface area (Å²) in [6.45, 7) is 6.09. The highest BCUT2D eigenvalue weighted by molar-refractivity contribution is 5.92. The summed E-state index contributed by atoms with van der Waals surface area (Å²) in [4.78, 5) is 29.8. The van der Waals surface area contributed by atoms with Gasteiger partial charge in [-0.2, -0.15) is 5.10 Å². The van der Waals surface area contributed by atoms with Crippen molar-refractivity contribution in [3.05, 3.63) is 52.2 Å². The third-order valence-electron chi connectivity index (χ3n) is 6.58. The van der Waals surface area contributed by atoms with Crippen LogP contribution in [-0.4, -0.2) is 48.6 Å². The zero-order valence-corrected chi connectivity index (χ0v) is 19.3. The minimum Gasteiger partial charge on any atom is -0.503 e. The second-order valence-electron chi connectivity index (χ2n) is 9.88. The molecule has 176 valence electrons. The van der Waals surface area contributed by atoms with Gasteiger partial charge in [0.1, 0.15) is 5.65 Å². The molecular formula is C24H31N5O4. The lowest BCUT2D eigenvalue weighted by molar-refractivity contribution is 0.0900. The molecule has 0 aromatic carbocycles. The van der Waals surface area contributed by atoms with Crippen LogP contribution in [0.1, 0.15) is 55.6 Å². The predicted molar refractivity (Wildman–Crippen MR) is 124 cm³/mol. The smallest absolute Gasteiger partial charge is 0.275 e. The Morgan fingerprint density at radius 3 is 2.70 bits per heavy atom. The average molecular weight is 454 g/mol. The molecule has 9 heteroatoms. The van der Waals surface area contributed by atoms with E-state index in [2.05, 4.69) is 39.2 Å². The van der Waals surface area contributed by atoms with Crippen molar-refractivity contribution in [2.24, 2.45) is 5.41 Å². The van der Waals surface area contributed by atoms with Crippen molar-refractivity contribution in [2.75, 3.05) is 13.2 Å². The van der Waals surface area contributed by atoms with E-state index in [0.717, 1.165) is 42.3 Å². The Morgan fingerprint density at radius 2 is 2.00 bits per heavy atom. The number of carbonyl (C=O) groups excluding carboxylic acids is 1. The number of rotatable bonds is 7. The number of nitrogens with one attached hydrogen (secondary N) is 1. The van der Waals surface area contributed by atoms with E-state index in [1.54, 1.807) is 20.0 Å². The monoisotopic (exact) mass is 453 g/mol. The number of hydrogen-bond donors (Lipinski definition) is 3. The zero-order chi connectivity index (χ0) is 23.8. The quantitative estimate of drug-likeness (QED) is 0.505. The minimum atomic E-state index is -0.810. The molecule has 1 fully saturated rings. The van der Waals surface area contributed by atoms with E-state index in [1.165, 1.54) is 10.9 Å². The van der Waals surface area contributed by atoms with Gasteiger partial charge < -0.3 is 20.1 Å². The fraction of sp³-hybridized carbons (Fsp3) is 0.500. The number of hydrogen-bond acceptors (Lipinski definition) is 6. The van der Waals surface area contributed by atoms with E-state index in [9.17, 15) is 19.8 Å². The first-order valence-electron chi connectivity index (χ1n) is 11.3. The largest absolute Gasteiger partial charge is 0.503 e. The van der Waals surface area contributed by atoms with E-state index in [0.29, 0.717) is 6.54 Å². The van der Waals surface area contributed by atoms with Crippen LogP contribution in [0.2, 0.25) is 0 Å². The predicted octanol–water partition coefficient (Wildman–Crippen LogP) is 2.32. The summed E-state index contributed by atoms with van der Waals surface area (Å²) in [7, 11) is 0. The fourth-order valence-electron chi connectivity index (χ4n) is 4.61. The van der Waals surface area contributed by atoms with Crippen molar-refractivity contribution in [2.45, 2.75) is 58.5 Å². The number of fused-ring (bicyclic) bond motifs is 1. The number of amides is 1. The van der Waals surface area contributed by atoms with Crippen molar-refractivity contribution >= 4 is 16.9 Å². The molecule has 3 aromatic rings. The molecule has 0 radical (unpaired) electrons. The summed E-state index contributed by atoms with van der Waals surface area (Å²) in [5.41, 5.74) is -0.0154. The lowest BCUT2D eigenvalue weighted by atomic mass is 9.95. The Kier molecular flexibility index (Phi) is 6.00. The van der Waals surface area contributed by atoms with Crippen LogP contribution in [0.4, 0.5) is 0 Å². The average Bonchev–Trinajstić information content (AvgIpc) is 3.40. The molecule has 1 aliphatic rings. The van der Waals surface area contributed by atoms with Gasteiger partial charge >= 0.3 is 0 Å². The van der Waals surface area contributed by atoms with Gasteiger partial charge in [-0.05, 0) is 37.5 Å². The maximum absolute atomic E-state index is 12.7. The van der Waals surface area contributed by atoms with Crippen LogP contribution in [0.25, 0.3) is 11.0 Å². The third kappa shape index (κ3) is 4.37. The summed E-state index contributed by atoms with van der Waals surface area (Å²) in [6, 6.07) is 3.97. The van der Waals surface area contributed by atoms with Crippen LogP contribution in [-0.2, 0) is 12.1 Å². The number of pyridine rings is 1. The summed E-state index contributed by atoms with van der Waals surface area (Å²) in [6.07, 6.45) is 9.06. The maximum Gasteiger partial charge on any atom is 0.275 e. The number of aliphatic hydroxyl groups is 1. The summed E-state index contributed by atoms with van der Waals surface area (Å²) >= 11 is 0. The Balaban J connectivity index is 1.70. The van der Waals surface area contributed by atoms with Gasteiger partial charge in [0.05, 0.1) is 18.3 Å². The van der Waals surface area contributed by atoms with E-state index in [-0.39, 0.29) is 24.4 Å². The molecule has 0 atom stereocenters. The zero-order valence-electron chi connectivity index (χ0n) is 19.3. The standard InChI is InChI=1S/C24H31N5O4/c1-16-11-29(21-17(16)7-6-10-25-21)24(8-4-5-9-24)14-28-12-18(31)20(32)19(27-28)22(33)26-13-23(2,3)15-30/h6-7,10-12,30-31H,4-5,8-9,13-15H2,1-3H3,(H,26,33). The summed E-state index contributed by atoms with van der Waals surface area (Å²) in [5, 5.41) is 27.8. The summed E-state index contributed by atoms with van der Waals surface area (Å²) < 4.78 is 3.70. The Bertz CT molecular complexity index is 1240. The van der Waals surface area contributed by atoms with Crippen molar-refractivity contribution < 1.29 is 15.0 Å². The first-order chi connectivity index (χ1) is 15.7. The highest BCUT2D eigenvalue weighted by Gasteiger charge is 2.38. The number of aryl methyl sites for hydroxylation is 1.